The quantitative estimate of drug-likeness (QED) is 0.197. The number of carboxylic acid groups (broad SMARTS) is 1. The molecule has 7 rings (SSSR count). The number of aliphatic carboxylic acids is 1. The minimum Gasteiger partial charge on any atom is -0.481 e. The number of esters is 1. The number of fused-ring (bicyclic) bond motifs is 1. The van der Waals surface area contributed by atoms with Gasteiger partial charge in [-0.15, -0.1) is 11.3 Å². The number of urea groups is 1. The summed E-state index contributed by atoms with van der Waals surface area (Å²) in [7, 11) is 1.30. The highest BCUT2D eigenvalue weighted by Gasteiger charge is 2.42. The van der Waals surface area contributed by atoms with Crippen molar-refractivity contribution in [1.82, 2.24) is 20.1 Å². The van der Waals surface area contributed by atoms with Crippen molar-refractivity contribution in [2.24, 2.45) is 4.99 Å². The van der Waals surface area contributed by atoms with E-state index in [-0.39, 0.29) is 22.7 Å². The van der Waals surface area contributed by atoms with E-state index in [1.165, 1.54) is 36.6 Å². The summed E-state index contributed by atoms with van der Waals surface area (Å²) < 4.78 is 19.3. The molecule has 0 spiro atoms. The van der Waals surface area contributed by atoms with Gasteiger partial charge in [0.1, 0.15) is 11.9 Å². The molecule has 2 fully saturated rings. The highest BCUT2D eigenvalue weighted by molar-refractivity contribution is 7.11. The molecular weight excluding hydrogens is 707 g/mol. The van der Waals surface area contributed by atoms with Crippen LogP contribution in [0.25, 0.3) is 11.1 Å². The average molecular weight is 743 g/mol. The summed E-state index contributed by atoms with van der Waals surface area (Å²) in [5.74, 6) is -1.51. The zero-order chi connectivity index (χ0) is 36.7. The van der Waals surface area contributed by atoms with E-state index in [9.17, 15) is 23.9 Å². The second-order valence-electron chi connectivity index (χ2n) is 13.4. The first-order valence-electron chi connectivity index (χ1n) is 16.7. The van der Waals surface area contributed by atoms with Gasteiger partial charge >= 0.3 is 18.0 Å². The molecule has 268 valence electrons. The number of aromatic nitrogens is 1. The molecule has 52 heavy (non-hydrogen) atoms. The maximum Gasteiger partial charge on any atom is 0.338 e. The first-order valence-corrected chi connectivity index (χ1v) is 18.0. The van der Waals surface area contributed by atoms with Gasteiger partial charge in [-0.1, -0.05) is 54.1 Å². The van der Waals surface area contributed by atoms with Crippen molar-refractivity contribution >= 4 is 52.4 Å². The summed E-state index contributed by atoms with van der Waals surface area (Å²) in [6.45, 7) is 5.81. The van der Waals surface area contributed by atoms with Gasteiger partial charge in [-0.3, -0.25) is 19.6 Å². The van der Waals surface area contributed by atoms with Gasteiger partial charge in [-0.25, -0.2) is 19.0 Å². The van der Waals surface area contributed by atoms with Crippen LogP contribution in [-0.4, -0.2) is 89.6 Å². The minimum absolute atomic E-state index is 0.0629. The number of carbonyl (C=O) groups is 3. The molecule has 3 aliphatic heterocycles. The standard InChI is InChI=1S/C38H36ClFN6O5S/c1-38(2,36(48)49)24-8-4-22(5-9-24)23-6-11-26(12-7-23)46-20-27-19-44(15-16-45(27)37(46)50)21-30-31(35(47)51-3)32(28-13-10-25(40)18-29(28)39)43-33(42-30)34-41-14-17-52-34/h4-14,17-18,27,32H,15-16,19-21H2,1-3H3,(H,42,43)(H,48,49)/t27-,32-/m0/s1. The van der Waals surface area contributed by atoms with Crippen molar-refractivity contribution in [2.75, 3.05) is 44.7 Å². The highest BCUT2D eigenvalue weighted by Crippen LogP contribution is 2.37. The van der Waals surface area contributed by atoms with E-state index < -0.39 is 29.2 Å². The molecule has 0 bridgehead atoms. The number of carbonyl (C=O) groups excluding carboxylic acids is 2. The maximum atomic E-state index is 14.0. The Hall–Kier alpha value is -5.11. The number of anilines is 1. The normalized spacial score (nSPS) is 19.3. The number of nitrogens with zero attached hydrogens (tertiary/aromatic N) is 5. The first-order chi connectivity index (χ1) is 24.9. The third-order valence-corrected chi connectivity index (χ3v) is 11.0. The van der Waals surface area contributed by atoms with Gasteiger partial charge in [0.2, 0.25) is 0 Å². The molecule has 2 N–H and O–H groups in total. The molecule has 0 saturated carbocycles. The number of hydrogen-bond donors (Lipinski definition) is 2. The molecular formula is C38H36ClFN6O5S. The monoisotopic (exact) mass is 742 g/mol. The Balaban J connectivity index is 1.09. The van der Waals surface area contributed by atoms with E-state index >= 15 is 0 Å². The van der Waals surface area contributed by atoms with Crippen LogP contribution in [-0.2, 0) is 19.7 Å². The van der Waals surface area contributed by atoms with Gasteiger partial charge < -0.3 is 20.1 Å². The minimum atomic E-state index is -0.993. The topological polar surface area (TPSA) is 128 Å². The Bertz CT molecular complexity index is 2090. The average Bonchev–Trinajstić information content (AvgIpc) is 3.80. The predicted molar refractivity (Wildman–Crippen MR) is 197 cm³/mol. The molecule has 0 aliphatic carbocycles. The lowest BCUT2D eigenvalue weighted by Gasteiger charge is -2.38. The molecule has 4 aromatic rings. The molecule has 0 radical (unpaired) electrons. The van der Waals surface area contributed by atoms with Crippen LogP contribution in [0.3, 0.4) is 0 Å². The van der Waals surface area contributed by atoms with E-state index in [0.717, 1.165) is 22.4 Å². The summed E-state index contributed by atoms with van der Waals surface area (Å²) in [5, 5.41) is 15.5. The summed E-state index contributed by atoms with van der Waals surface area (Å²) in [5.41, 5.74) is 3.71. The van der Waals surface area contributed by atoms with Crippen molar-refractivity contribution in [3.63, 3.8) is 0 Å². The van der Waals surface area contributed by atoms with Crippen LogP contribution < -0.4 is 10.2 Å². The number of hydrogen-bond acceptors (Lipinski definition) is 9. The fraction of sp³-hybridized carbons (Fsp3) is 0.289. The fourth-order valence-corrected chi connectivity index (χ4v) is 7.72. The van der Waals surface area contributed by atoms with Crippen LogP contribution in [0.1, 0.15) is 36.0 Å². The zero-order valence-corrected chi connectivity index (χ0v) is 30.2. The van der Waals surface area contributed by atoms with E-state index in [2.05, 4.69) is 15.2 Å². The van der Waals surface area contributed by atoms with Crippen molar-refractivity contribution in [3.05, 3.63) is 117 Å². The highest BCUT2D eigenvalue weighted by atomic mass is 35.5. The molecule has 3 aromatic carbocycles. The number of piperazine rings is 1. The van der Waals surface area contributed by atoms with E-state index in [1.807, 2.05) is 58.8 Å². The second kappa shape index (κ2) is 14.1. The van der Waals surface area contributed by atoms with Crippen molar-refractivity contribution in [3.8, 4) is 11.1 Å². The Kier molecular flexibility index (Phi) is 9.59. The van der Waals surface area contributed by atoms with Gasteiger partial charge in [0.05, 0.1) is 24.1 Å². The third kappa shape index (κ3) is 6.67. The molecule has 4 heterocycles. The molecule has 14 heteroatoms. The zero-order valence-electron chi connectivity index (χ0n) is 28.7. The van der Waals surface area contributed by atoms with Crippen molar-refractivity contribution in [1.29, 1.82) is 0 Å². The van der Waals surface area contributed by atoms with Crippen molar-refractivity contribution < 1.29 is 28.6 Å². The van der Waals surface area contributed by atoms with E-state index in [1.54, 1.807) is 24.9 Å². The number of thiazole rings is 1. The number of halogens is 2. The van der Waals surface area contributed by atoms with Crippen LogP contribution >= 0.6 is 22.9 Å². The van der Waals surface area contributed by atoms with Crippen molar-refractivity contribution in [2.45, 2.75) is 31.3 Å². The molecule has 2 atom stereocenters. The lowest BCUT2D eigenvalue weighted by atomic mass is 9.84. The maximum absolute atomic E-state index is 14.0. The number of amidine groups is 1. The Labute approximate surface area is 309 Å². The molecule has 2 amide bonds. The number of carboxylic acids is 1. The van der Waals surface area contributed by atoms with E-state index in [4.69, 9.17) is 21.3 Å². The van der Waals surface area contributed by atoms with Gasteiger partial charge in [-0.05, 0) is 54.8 Å². The first kappa shape index (κ1) is 35.3. The van der Waals surface area contributed by atoms with Gasteiger partial charge in [0.25, 0.3) is 0 Å². The number of benzene rings is 3. The molecule has 0 unspecified atom stereocenters. The van der Waals surface area contributed by atoms with Crippen LogP contribution in [0.5, 0.6) is 0 Å². The van der Waals surface area contributed by atoms with Gasteiger partial charge in [0, 0.05) is 66.3 Å². The molecule has 3 aliphatic rings. The van der Waals surface area contributed by atoms with Crippen LogP contribution in [0.15, 0.2) is 94.6 Å². The summed E-state index contributed by atoms with van der Waals surface area (Å²) in [4.78, 5) is 53.8. The van der Waals surface area contributed by atoms with Gasteiger partial charge in [0.15, 0.2) is 10.8 Å². The fourth-order valence-electron chi connectivity index (χ4n) is 6.86. The number of nitrogens with one attached hydrogen (secondary N) is 1. The summed E-state index contributed by atoms with van der Waals surface area (Å²) in [6.07, 6.45) is 1.67. The van der Waals surface area contributed by atoms with Crippen LogP contribution in [0.4, 0.5) is 14.9 Å². The number of rotatable bonds is 9. The summed E-state index contributed by atoms with van der Waals surface area (Å²) in [6, 6.07) is 18.3. The number of amides is 2. The SMILES string of the molecule is COC(=O)C1=C(CN2CCN3C(=O)N(c4ccc(-c5ccc(C(C)(C)C(=O)O)cc5)cc4)C[C@@H]3C2)NC(c2nccs2)=N[C@H]1c1ccc(F)cc1Cl. The predicted octanol–water partition coefficient (Wildman–Crippen LogP) is 6.11. The molecule has 1 aromatic heterocycles. The molecule has 2 saturated heterocycles. The number of methoxy groups -OCH3 is 1. The van der Waals surface area contributed by atoms with Gasteiger partial charge in [-0.2, -0.15) is 0 Å². The third-order valence-electron chi connectivity index (χ3n) is 9.90. The molecule has 11 nitrogen and oxygen atoms in total. The summed E-state index contributed by atoms with van der Waals surface area (Å²) >= 11 is 7.90. The Morgan fingerprint density at radius 3 is 2.40 bits per heavy atom. The number of ether oxygens (including phenoxy) is 1. The second-order valence-corrected chi connectivity index (χ2v) is 14.7. The van der Waals surface area contributed by atoms with E-state index in [0.29, 0.717) is 54.8 Å². The Morgan fingerprint density at radius 2 is 1.77 bits per heavy atom. The van der Waals surface area contributed by atoms with Crippen LogP contribution in [0.2, 0.25) is 5.02 Å². The smallest absolute Gasteiger partial charge is 0.338 e. The van der Waals surface area contributed by atoms with Crippen LogP contribution in [0, 0.1) is 5.82 Å². The lowest BCUT2D eigenvalue weighted by molar-refractivity contribution is -0.142. The lowest BCUT2D eigenvalue weighted by Crippen LogP contribution is -2.53. The number of aliphatic imine (C=N–C) groups is 1. The largest absolute Gasteiger partial charge is 0.481 e. The Morgan fingerprint density at radius 1 is 1.06 bits per heavy atom.